The summed E-state index contributed by atoms with van der Waals surface area (Å²) >= 11 is 5.92. The van der Waals surface area contributed by atoms with Gasteiger partial charge in [-0.1, -0.05) is 25.4 Å². The fourth-order valence-electron chi connectivity index (χ4n) is 1.11. The third-order valence-electron chi connectivity index (χ3n) is 1.72. The Morgan fingerprint density at radius 1 is 1.42 bits per heavy atom. The Bertz CT molecular complexity index is 251. The van der Waals surface area contributed by atoms with Gasteiger partial charge in [-0.25, -0.2) is 9.97 Å². The lowest BCUT2D eigenvalue weighted by atomic mass is 10.0. The highest BCUT2D eigenvalue weighted by Gasteiger charge is 2.07. The minimum atomic E-state index is 0.590. The van der Waals surface area contributed by atoms with Gasteiger partial charge in [0.15, 0.2) is 0 Å². The first-order valence-electron chi connectivity index (χ1n) is 4.07. The number of aromatic nitrogens is 2. The molecule has 1 heterocycles. The standard InChI is InChI=1S/C9H13ClN2/c1-6(2)4-8-7(3)11-5-12-9(8)10/h5-6H,4H2,1-3H3. The second-order valence-electron chi connectivity index (χ2n) is 3.33. The molecule has 0 bridgehead atoms. The van der Waals surface area contributed by atoms with Crippen LogP contribution >= 0.6 is 11.6 Å². The Morgan fingerprint density at radius 3 is 2.58 bits per heavy atom. The Morgan fingerprint density at radius 2 is 2.08 bits per heavy atom. The van der Waals surface area contributed by atoms with Gasteiger partial charge in [0, 0.05) is 11.3 Å². The molecule has 1 rings (SSSR count). The van der Waals surface area contributed by atoms with Crippen molar-refractivity contribution >= 4 is 11.6 Å². The molecule has 12 heavy (non-hydrogen) atoms. The van der Waals surface area contributed by atoms with E-state index in [9.17, 15) is 0 Å². The van der Waals surface area contributed by atoms with Crippen LogP contribution in [0, 0.1) is 12.8 Å². The van der Waals surface area contributed by atoms with Gasteiger partial charge in [0.1, 0.15) is 11.5 Å². The van der Waals surface area contributed by atoms with E-state index in [1.54, 1.807) is 0 Å². The molecule has 0 amide bonds. The van der Waals surface area contributed by atoms with E-state index < -0.39 is 0 Å². The quantitative estimate of drug-likeness (QED) is 0.661. The molecule has 66 valence electrons. The molecular formula is C9H13ClN2. The molecule has 0 saturated heterocycles. The highest BCUT2D eigenvalue weighted by molar-refractivity contribution is 6.30. The lowest BCUT2D eigenvalue weighted by Gasteiger charge is -2.08. The zero-order valence-electron chi connectivity index (χ0n) is 7.63. The maximum Gasteiger partial charge on any atom is 0.135 e. The first-order valence-corrected chi connectivity index (χ1v) is 4.45. The highest BCUT2D eigenvalue weighted by atomic mass is 35.5. The first-order chi connectivity index (χ1) is 5.61. The average Bonchev–Trinajstić information content (AvgIpc) is 1.97. The van der Waals surface area contributed by atoms with Crippen molar-refractivity contribution in [3.05, 3.63) is 22.7 Å². The van der Waals surface area contributed by atoms with Crippen LogP contribution in [0.1, 0.15) is 25.1 Å². The molecule has 0 fully saturated rings. The number of aryl methyl sites for hydroxylation is 1. The van der Waals surface area contributed by atoms with Crippen molar-refractivity contribution in [3.63, 3.8) is 0 Å². The SMILES string of the molecule is Cc1ncnc(Cl)c1CC(C)C. The Balaban J connectivity index is 2.96. The van der Waals surface area contributed by atoms with Crippen LogP contribution in [-0.4, -0.2) is 9.97 Å². The second kappa shape index (κ2) is 3.85. The summed E-state index contributed by atoms with van der Waals surface area (Å²) in [6.07, 6.45) is 2.45. The molecule has 2 nitrogen and oxygen atoms in total. The zero-order valence-corrected chi connectivity index (χ0v) is 8.39. The van der Waals surface area contributed by atoms with Gasteiger partial charge in [0.05, 0.1) is 0 Å². The summed E-state index contributed by atoms with van der Waals surface area (Å²) < 4.78 is 0. The van der Waals surface area contributed by atoms with Crippen LogP contribution < -0.4 is 0 Å². The van der Waals surface area contributed by atoms with Crippen molar-refractivity contribution in [3.8, 4) is 0 Å². The number of rotatable bonds is 2. The van der Waals surface area contributed by atoms with Gasteiger partial charge >= 0.3 is 0 Å². The second-order valence-corrected chi connectivity index (χ2v) is 3.68. The van der Waals surface area contributed by atoms with Crippen LogP contribution in [0.4, 0.5) is 0 Å². The molecule has 0 radical (unpaired) electrons. The molecule has 0 unspecified atom stereocenters. The molecule has 0 aliphatic rings. The van der Waals surface area contributed by atoms with Crippen LogP contribution in [0.5, 0.6) is 0 Å². The number of hydrogen-bond donors (Lipinski definition) is 0. The molecule has 1 aromatic heterocycles. The first kappa shape index (κ1) is 9.46. The van der Waals surface area contributed by atoms with Gasteiger partial charge < -0.3 is 0 Å². The van der Waals surface area contributed by atoms with Crippen LogP contribution in [0.25, 0.3) is 0 Å². The molecule has 1 aromatic rings. The Labute approximate surface area is 78.0 Å². The van der Waals surface area contributed by atoms with Gasteiger partial charge in [-0.2, -0.15) is 0 Å². The number of nitrogens with zero attached hydrogens (tertiary/aromatic N) is 2. The highest BCUT2D eigenvalue weighted by Crippen LogP contribution is 2.18. The van der Waals surface area contributed by atoms with Crippen molar-refractivity contribution in [2.75, 3.05) is 0 Å². The van der Waals surface area contributed by atoms with E-state index in [1.165, 1.54) is 6.33 Å². The fourth-order valence-corrected chi connectivity index (χ4v) is 1.37. The smallest absolute Gasteiger partial charge is 0.135 e. The summed E-state index contributed by atoms with van der Waals surface area (Å²) in [6.45, 7) is 6.27. The summed E-state index contributed by atoms with van der Waals surface area (Å²) in [7, 11) is 0. The fraction of sp³-hybridized carbons (Fsp3) is 0.556. The van der Waals surface area contributed by atoms with E-state index in [2.05, 4.69) is 23.8 Å². The van der Waals surface area contributed by atoms with E-state index in [1.807, 2.05) is 6.92 Å². The Kier molecular flexibility index (Phi) is 3.04. The Hall–Kier alpha value is -0.630. The van der Waals surface area contributed by atoms with Gasteiger partial charge in [-0.3, -0.25) is 0 Å². The van der Waals surface area contributed by atoms with Gasteiger partial charge in [-0.15, -0.1) is 0 Å². The minimum Gasteiger partial charge on any atom is -0.241 e. The molecule has 0 aliphatic heterocycles. The molecule has 0 saturated carbocycles. The van der Waals surface area contributed by atoms with Gasteiger partial charge in [0.2, 0.25) is 0 Å². The van der Waals surface area contributed by atoms with Crippen molar-refractivity contribution in [1.82, 2.24) is 9.97 Å². The van der Waals surface area contributed by atoms with E-state index >= 15 is 0 Å². The van der Waals surface area contributed by atoms with Gasteiger partial charge in [-0.05, 0) is 19.3 Å². The lowest BCUT2D eigenvalue weighted by molar-refractivity contribution is 0.640. The summed E-state index contributed by atoms with van der Waals surface area (Å²) in [4.78, 5) is 8.04. The topological polar surface area (TPSA) is 25.8 Å². The molecule has 3 heteroatoms. The van der Waals surface area contributed by atoms with E-state index in [-0.39, 0.29) is 0 Å². The van der Waals surface area contributed by atoms with Crippen LogP contribution in [0.15, 0.2) is 6.33 Å². The summed E-state index contributed by atoms with van der Waals surface area (Å²) in [5.41, 5.74) is 2.07. The summed E-state index contributed by atoms with van der Waals surface area (Å²) in [6, 6.07) is 0. The van der Waals surface area contributed by atoms with Crippen molar-refractivity contribution in [1.29, 1.82) is 0 Å². The monoisotopic (exact) mass is 184 g/mol. The summed E-state index contributed by atoms with van der Waals surface area (Å²) in [5, 5.41) is 0.594. The van der Waals surface area contributed by atoms with E-state index in [0.717, 1.165) is 17.7 Å². The molecule has 0 aliphatic carbocycles. The maximum atomic E-state index is 5.92. The molecular weight excluding hydrogens is 172 g/mol. The molecule has 0 spiro atoms. The van der Waals surface area contributed by atoms with Crippen molar-refractivity contribution in [2.24, 2.45) is 5.92 Å². The predicted molar refractivity (Wildman–Crippen MR) is 50.3 cm³/mol. The van der Waals surface area contributed by atoms with Crippen molar-refractivity contribution in [2.45, 2.75) is 27.2 Å². The van der Waals surface area contributed by atoms with Crippen LogP contribution in [0.3, 0.4) is 0 Å². The maximum absolute atomic E-state index is 5.92. The predicted octanol–water partition coefficient (Wildman–Crippen LogP) is 2.64. The number of halogens is 1. The van der Waals surface area contributed by atoms with Crippen LogP contribution in [0.2, 0.25) is 5.15 Å². The molecule has 0 N–H and O–H groups in total. The number of hydrogen-bond acceptors (Lipinski definition) is 2. The molecule has 0 atom stereocenters. The van der Waals surface area contributed by atoms with E-state index in [4.69, 9.17) is 11.6 Å². The normalized spacial score (nSPS) is 10.8. The zero-order chi connectivity index (χ0) is 9.14. The minimum absolute atomic E-state index is 0.590. The average molecular weight is 185 g/mol. The van der Waals surface area contributed by atoms with Crippen LogP contribution in [-0.2, 0) is 6.42 Å². The third kappa shape index (κ3) is 2.18. The lowest BCUT2D eigenvalue weighted by Crippen LogP contribution is -2.01. The van der Waals surface area contributed by atoms with Crippen molar-refractivity contribution < 1.29 is 0 Å². The molecule has 0 aromatic carbocycles. The third-order valence-corrected chi connectivity index (χ3v) is 2.05. The largest absolute Gasteiger partial charge is 0.241 e. The van der Waals surface area contributed by atoms with E-state index in [0.29, 0.717) is 11.1 Å². The summed E-state index contributed by atoms with van der Waals surface area (Å²) in [5.74, 6) is 0.590. The van der Waals surface area contributed by atoms with Gasteiger partial charge in [0.25, 0.3) is 0 Å².